The van der Waals surface area contributed by atoms with Gasteiger partial charge in [0.15, 0.2) is 32.3 Å². The van der Waals surface area contributed by atoms with E-state index in [4.69, 9.17) is 9.47 Å². The van der Waals surface area contributed by atoms with E-state index in [1.54, 1.807) is 6.92 Å². The summed E-state index contributed by atoms with van der Waals surface area (Å²) in [6.45, 7) is 1.95. The maximum atomic E-state index is 12.8. The summed E-state index contributed by atoms with van der Waals surface area (Å²) < 4.78 is 36.2. The Bertz CT molecular complexity index is 1290. The zero-order valence-corrected chi connectivity index (χ0v) is 19.4. The number of rotatable bonds is 6. The molecule has 1 saturated heterocycles. The largest absolute Gasteiger partial charge is 0.454 e. The lowest BCUT2D eigenvalue weighted by atomic mass is 10.2. The third-order valence-electron chi connectivity index (χ3n) is 5.51. The van der Waals surface area contributed by atoms with Gasteiger partial charge in [-0.05, 0) is 43.7 Å². The van der Waals surface area contributed by atoms with Crippen LogP contribution >= 0.6 is 11.8 Å². The van der Waals surface area contributed by atoms with Gasteiger partial charge in [0.25, 0.3) is 0 Å². The highest BCUT2D eigenvalue weighted by Gasteiger charge is 2.31. The molecule has 1 aromatic heterocycles. The molecule has 11 heteroatoms. The lowest BCUT2D eigenvalue weighted by Gasteiger charge is -2.16. The van der Waals surface area contributed by atoms with Crippen molar-refractivity contribution >= 4 is 27.5 Å². The number of benzene rings is 2. The number of ether oxygens (including phenoxy) is 2. The molecule has 33 heavy (non-hydrogen) atoms. The average molecular weight is 487 g/mol. The summed E-state index contributed by atoms with van der Waals surface area (Å²) in [6, 6.07) is 14.9. The number of carbonyl (C=O) groups excluding carboxylic acids is 1. The molecule has 2 atom stereocenters. The summed E-state index contributed by atoms with van der Waals surface area (Å²) >= 11 is 1.27. The van der Waals surface area contributed by atoms with Gasteiger partial charge in [0.05, 0.1) is 16.8 Å². The lowest BCUT2D eigenvalue weighted by molar-refractivity contribution is -0.120. The third kappa shape index (κ3) is 4.55. The van der Waals surface area contributed by atoms with Gasteiger partial charge in [0.2, 0.25) is 12.7 Å². The van der Waals surface area contributed by atoms with Crippen molar-refractivity contribution in [2.75, 3.05) is 18.3 Å². The van der Waals surface area contributed by atoms with E-state index < -0.39 is 15.1 Å². The minimum Gasteiger partial charge on any atom is -0.454 e. The number of carbonyl (C=O) groups is 1. The molecule has 0 radical (unpaired) electrons. The molecule has 0 bridgehead atoms. The molecule has 3 heterocycles. The van der Waals surface area contributed by atoms with Crippen molar-refractivity contribution in [1.82, 2.24) is 20.1 Å². The molecule has 2 unspecified atom stereocenters. The van der Waals surface area contributed by atoms with E-state index in [9.17, 15) is 13.2 Å². The maximum absolute atomic E-state index is 12.8. The average Bonchev–Trinajstić information content (AvgIpc) is 3.52. The van der Waals surface area contributed by atoms with E-state index in [1.165, 1.54) is 11.8 Å². The summed E-state index contributed by atoms with van der Waals surface area (Å²) in [5.41, 5.74) is 1.66. The van der Waals surface area contributed by atoms with Crippen molar-refractivity contribution in [2.45, 2.75) is 29.8 Å². The Hall–Kier alpha value is -3.05. The van der Waals surface area contributed by atoms with Crippen LogP contribution in [0.5, 0.6) is 11.5 Å². The SMILES string of the molecule is CC(Sc1nnc(-c2ccc3c(c2)OCO3)n1-c1ccccc1)C(=O)NC1CCS(=O)(=O)C1. The second-order valence-corrected chi connectivity index (χ2v) is 11.5. The van der Waals surface area contributed by atoms with Crippen LogP contribution in [0.15, 0.2) is 53.7 Å². The summed E-state index contributed by atoms with van der Waals surface area (Å²) in [6.07, 6.45) is 0.444. The first-order chi connectivity index (χ1) is 15.9. The molecule has 1 amide bonds. The molecule has 1 N–H and O–H groups in total. The minimum atomic E-state index is -3.07. The van der Waals surface area contributed by atoms with Gasteiger partial charge in [-0.15, -0.1) is 10.2 Å². The molecule has 1 fully saturated rings. The van der Waals surface area contributed by atoms with Gasteiger partial charge in [-0.2, -0.15) is 0 Å². The lowest BCUT2D eigenvalue weighted by Crippen LogP contribution is -2.40. The monoisotopic (exact) mass is 486 g/mol. The molecule has 0 saturated carbocycles. The van der Waals surface area contributed by atoms with Crippen molar-refractivity contribution in [3.05, 3.63) is 48.5 Å². The minimum absolute atomic E-state index is 0.00934. The highest BCUT2D eigenvalue weighted by Crippen LogP contribution is 2.37. The number of aromatic nitrogens is 3. The van der Waals surface area contributed by atoms with Gasteiger partial charge in [-0.3, -0.25) is 9.36 Å². The Labute approximate surface area is 195 Å². The fourth-order valence-corrected chi connectivity index (χ4v) is 6.37. The topological polar surface area (TPSA) is 112 Å². The summed E-state index contributed by atoms with van der Waals surface area (Å²) in [7, 11) is -3.07. The van der Waals surface area contributed by atoms with Crippen LogP contribution in [0.3, 0.4) is 0 Å². The number of hydrogen-bond acceptors (Lipinski definition) is 8. The maximum Gasteiger partial charge on any atom is 0.233 e. The predicted octanol–water partition coefficient (Wildman–Crippen LogP) is 2.45. The zero-order valence-electron chi connectivity index (χ0n) is 17.8. The standard InChI is InChI=1S/C22H22N4O5S2/c1-14(21(27)23-16-9-10-33(28,29)12-16)32-22-25-24-20(26(22)17-5-3-2-4-6-17)15-7-8-18-19(11-15)31-13-30-18/h2-8,11,14,16H,9-10,12-13H2,1H3,(H,23,27). The Morgan fingerprint density at radius 1 is 1.15 bits per heavy atom. The highest BCUT2D eigenvalue weighted by atomic mass is 32.2. The van der Waals surface area contributed by atoms with Crippen LogP contribution in [0.4, 0.5) is 0 Å². The van der Waals surface area contributed by atoms with Gasteiger partial charge in [0, 0.05) is 17.3 Å². The first-order valence-electron chi connectivity index (χ1n) is 10.5. The molecular weight excluding hydrogens is 464 g/mol. The summed E-state index contributed by atoms with van der Waals surface area (Å²) in [5.74, 6) is 1.80. The van der Waals surface area contributed by atoms with Crippen LogP contribution in [0.25, 0.3) is 17.1 Å². The third-order valence-corrected chi connectivity index (χ3v) is 8.32. The Balaban J connectivity index is 1.42. The highest BCUT2D eigenvalue weighted by molar-refractivity contribution is 8.00. The van der Waals surface area contributed by atoms with Gasteiger partial charge < -0.3 is 14.8 Å². The molecule has 9 nitrogen and oxygen atoms in total. The molecular formula is C22H22N4O5S2. The number of nitrogens with one attached hydrogen (secondary N) is 1. The van der Waals surface area contributed by atoms with E-state index in [0.29, 0.717) is 28.9 Å². The van der Waals surface area contributed by atoms with Crippen molar-refractivity contribution in [1.29, 1.82) is 0 Å². The van der Waals surface area contributed by atoms with Gasteiger partial charge in [-0.25, -0.2) is 8.42 Å². The van der Waals surface area contributed by atoms with Crippen molar-refractivity contribution in [3.8, 4) is 28.6 Å². The zero-order chi connectivity index (χ0) is 23.0. The van der Waals surface area contributed by atoms with E-state index in [0.717, 1.165) is 11.3 Å². The van der Waals surface area contributed by atoms with Gasteiger partial charge >= 0.3 is 0 Å². The fraction of sp³-hybridized carbons (Fsp3) is 0.318. The van der Waals surface area contributed by atoms with Gasteiger partial charge in [-0.1, -0.05) is 30.0 Å². The second-order valence-electron chi connectivity index (χ2n) is 7.91. The van der Waals surface area contributed by atoms with E-state index in [-0.39, 0.29) is 30.2 Å². The Kier molecular flexibility index (Phi) is 5.75. The quantitative estimate of drug-likeness (QED) is 0.529. The van der Waals surface area contributed by atoms with E-state index in [2.05, 4.69) is 15.5 Å². The van der Waals surface area contributed by atoms with Crippen molar-refractivity contribution < 1.29 is 22.7 Å². The second kappa shape index (κ2) is 8.71. The molecule has 3 aromatic rings. The molecule has 0 aliphatic carbocycles. The van der Waals surface area contributed by atoms with Crippen LogP contribution in [0.1, 0.15) is 13.3 Å². The molecule has 2 aliphatic rings. The first-order valence-corrected chi connectivity index (χ1v) is 13.2. The molecule has 5 rings (SSSR count). The number of amides is 1. The van der Waals surface area contributed by atoms with Crippen LogP contribution < -0.4 is 14.8 Å². The first kappa shape index (κ1) is 21.8. The van der Waals surface area contributed by atoms with Crippen molar-refractivity contribution in [3.63, 3.8) is 0 Å². The number of fused-ring (bicyclic) bond motifs is 1. The number of para-hydroxylation sites is 1. The number of nitrogens with zero attached hydrogens (tertiary/aromatic N) is 3. The predicted molar refractivity (Wildman–Crippen MR) is 123 cm³/mol. The summed E-state index contributed by atoms with van der Waals surface area (Å²) in [5, 5.41) is 11.7. The smallest absolute Gasteiger partial charge is 0.233 e. The molecule has 172 valence electrons. The molecule has 0 spiro atoms. The fourth-order valence-electron chi connectivity index (χ4n) is 3.82. The van der Waals surface area contributed by atoms with Crippen LogP contribution in [0.2, 0.25) is 0 Å². The van der Waals surface area contributed by atoms with E-state index >= 15 is 0 Å². The molecule has 2 aliphatic heterocycles. The number of hydrogen-bond donors (Lipinski definition) is 1. The Morgan fingerprint density at radius 2 is 1.94 bits per heavy atom. The van der Waals surface area contributed by atoms with Crippen LogP contribution in [0, 0.1) is 0 Å². The number of thioether (sulfide) groups is 1. The van der Waals surface area contributed by atoms with Crippen LogP contribution in [-0.2, 0) is 14.6 Å². The summed E-state index contributed by atoms with van der Waals surface area (Å²) in [4.78, 5) is 12.8. The normalized spacial score (nSPS) is 19.4. The van der Waals surface area contributed by atoms with Crippen molar-refractivity contribution in [2.24, 2.45) is 0 Å². The Morgan fingerprint density at radius 3 is 2.70 bits per heavy atom. The van der Waals surface area contributed by atoms with E-state index in [1.807, 2.05) is 53.1 Å². The van der Waals surface area contributed by atoms with Gasteiger partial charge in [0.1, 0.15) is 0 Å². The number of sulfone groups is 1. The molecule has 2 aromatic carbocycles. The van der Waals surface area contributed by atoms with Crippen LogP contribution in [-0.4, -0.2) is 58.7 Å².